The molecule has 2 fully saturated rings. The van der Waals surface area contributed by atoms with Gasteiger partial charge >= 0.3 is 0 Å². The van der Waals surface area contributed by atoms with Crippen LogP contribution in [0.15, 0.2) is 18.5 Å². The minimum Gasteiger partial charge on any atom is -0.381 e. The first-order valence-corrected chi connectivity index (χ1v) is 14.0. The van der Waals surface area contributed by atoms with Crippen molar-refractivity contribution in [2.75, 3.05) is 40.9 Å². The molecule has 1 saturated carbocycles. The van der Waals surface area contributed by atoms with Crippen LogP contribution in [-0.4, -0.2) is 51.7 Å². The second-order valence-electron chi connectivity index (χ2n) is 10.6. The Morgan fingerprint density at radius 2 is 1.78 bits per heavy atom. The number of hydrogen-bond donors (Lipinski definition) is 4. The zero-order valence-electron chi connectivity index (χ0n) is 21.0. The molecule has 0 radical (unpaired) electrons. The number of nitrogen functional groups attached to an aromatic ring is 1. The van der Waals surface area contributed by atoms with E-state index in [1.165, 1.54) is 32.1 Å². The van der Waals surface area contributed by atoms with E-state index in [2.05, 4.69) is 20.5 Å². The monoisotopic (exact) mass is 514 g/mol. The Morgan fingerprint density at radius 1 is 1.11 bits per heavy atom. The van der Waals surface area contributed by atoms with Gasteiger partial charge in [0.25, 0.3) is 5.91 Å². The van der Waals surface area contributed by atoms with Crippen LogP contribution in [0.5, 0.6) is 0 Å². The lowest BCUT2D eigenvalue weighted by Gasteiger charge is -2.43. The van der Waals surface area contributed by atoms with Gasteiger partial charge in [-0.3, -0.25) is 9.78 Å². The summed E-state index contributed by atoms with van der Waals surface area (Å²) < 4.78 is 1.95. The van der Waals surface area contributed by atoms with Crippen LogP contribution in [0.4, 0.5) is 23.0 Å². The Labute approximate surface area is 218 Å². The van der Waals surface area contributed by atoms with E-state index in [4.69, 9.17) is 28.2 Å². The van der Waals surface area contributed by atoms with Crippen molar-refractivity contribution in [2.24, 2.45) is 5.73 Å². The van der Waals surface area contributed by atoms with Crippen LogP contribution in [-0.2, 0) is 5.54 Å². The van der Waals surface area contributed by atoms with E-state index in [0.717, 1.165) is 57.3 Å². The van der Waals surface area contributed by atoms with Gasteiger partial charge in [0.05, 0.1) is 28.5 Å². The third-order valence-corrected chi connectivity index (χ3v) is 8.80. The highest BCUT2D eigenvalue weighted by atomic mass is 35.5. The fourth-order valence-electron chi connectivity index (χ4n) is 6.13. The molecule has 1 saturated heterocycles. The molecule has 0 bridgehead atoms. The number of nitrogens with zero attached hydrogens (tertiary/aromatic N) is 4. The van der Waals surface area contributed by atoms with E-state index < -0.39 is 0 Å². The molecule has 2 aliphatic heterocycles. The number of nitrogens with two attached hydrogens (primary N) is 2. The molecule has 2 aromatic heterocycles. The van der Waals surface area contributed by atoms with E-state index in [9.17, 15) is 4.79 Å². The number of nitrogens with one attached hydrogen (secondary N) is 2. The summed E-state index contributed by atoms with van der Waals surface area (Å²) in [6.45, 7) is 2.28. The summed E-state index contributed by atoms with van der Waals surface area (Å²) in [7, 11) is 0. The van der Waals surface area contributed by atoms with Crippen LogP contribution in [0.2, 0.25) is 0 Å². The average molecular weight is 515 g/mol. The van der Waals surface area contributed by atoms with Gasteiger partial charge in [-0.1, -0.05) is 44.9 Å². The normalized spacial score (nSPS) is 23.1. The fourth-order valence-corrected chi connectivity index (χ4v) is 6.52. The highest BCUT2D eigenvalue weighted by Crippen LogP contribution is 2.44. The van der Waals surface area contributed by atoms with Gasteiger partial charge in [-0.2, -0.15) is 5.10 Å². The molecule has 36 heavy (non-hydrogen) atoms. The lowest BCUT2D eigenvalue weighted by molar-refractivity contribution is 0.102. The van der Waals surface area contributed by atoms with Gasteiger partial charge in [-0.25, -0.2) is 4.68 Å². The number of pyridine rings is 1. The summed E-state index contributed by atoms with van der Waals surface area (Å²) in [6.07, 6.45) is 15.6. The molecule has 6 N–H and O–H groups in total. The van der Waals surface area contributed by atoms with E-state index >= 15 is 0 Å². The summed E-state index contributed by atoms with van der Waals surface area (Å²) in [5.74, 6) is 0.618. The smallest absolute Gasteiger partial charge is 0.263 e. The number of carbonyl (C=O) groups excluding carboxylic acids is 1. The fraction of sp³-hybridized carbons (Fsp3) is 0.654. The summed E-state index contributed by atoms with van der Waals surface area (Å²) in [5, 5.41) is 11.1. The number of fused-ring (bicyclic) bond motifs is 2. The van der Waals surface area contributed by atoms with Gasteiger partial charge < -0.3 is 27.0 Å². The maximum Gasteiger partial charge on any atom is 0.263 e. The topological polar surface area (TPSA) is 127 Å². The Balaban J connectivity index is 1.43. The molecule has 5 rings (SSSR count). The lowest BCUT2D eigenvalue weighted by atomic mass is 9.81. The summed E-state index contributed by atoms with van der Waals surface area (Å²) >= 11 is 7.00. The van der Waals surface area contributed by atoms with Crippen LogP contribution in [0.3, 0.4) is 0 Å². The van der Waals surface area contributed by atoms with Gasteiger partial charge in [0.15, 0.2) is 5.82 Å². The van der Waals surface area contributed by atoms with Crippen molar-refractivity contribution in [3.05, 3.63) is 24.0 Å². The average Bonchev–Trinajstić information content (AvgIpc) is 3.23. The third-order valence-electron chi connectivity index (χ3n) is 8.24. The van der Waals surface area contributed by atoms with Crippen molar-refractivity contribution in [3.8, 4) is 0 Å². The molecule has 1 atom stereocenters. The molecule has 1 unspecified atom stereocenters. The van der Waals surface area contributed by atoms with Crippen molar-refractivity contribution in [1.82, 2.24) is 14.8 Å². The van der Waals surface area contributed by atoms with Crippen LogP contribution >= 0.6 is 11.6 Å². The van der Waals surface area contributed by atoms with E-state index in [1.807, 2.05) is 10.7 Å². The molecule has 0 aromatic carbocycles. The number of rotatable bonds is 3. The first-order chi connectivity index (χ1) is 17.5. The van der Waals surface area contributed by atoms with Gasteiger partial charge in [0, 0.05) is 31.9 Å². The van der Waals surface area contributed by atoms with Crippen molar-refractivity contribution in [2.45, 2.75) is 87.6 Å². The Hall–Kier alpha value is -2.52. The molecular formula is C26H39ClN8O. The highest BCUT2D eigenvalue weighted by Gasteiger charge is 2.46. The number of anilines is 4. The molecule has 196 valence electrons. The van der Waals surface area contributed by atoms with Gasteiger partial charge in [-0.15, -0.1) is 11.6 Å². The number of aromatic nitrogens is 3. The summed E-state index contributed by atoms with van der Waals surface area (Å²) in [4.78, 5) is 20.2. The maximum atomic E-state index is 13.6. The predicted molar refractivity (Wildman–Crippen MR) is 146 cm³/mol. The van der Waals surface area contributed by atoms with Gasteiger partial charge in [0.1, 0.15) is 11.4 Å². The van der Waals surface area contributed by atoms with Crippen molar-refractivity contribution >= 4 is 40.5 Å². The molecule has 1 aliphatic carbocycles. The third kappa shape index (κ3) is 4.87. The molecule has 3 aliphatic rings. The SMILES string of the molecule is Nc1nn2c(c1C(=O)Nc1cnccc1N1CCC(N)CC1)NCC(Cl)C21CCCCCCCCC1. The number of piperidine rings is 1. The van der Waals surface area contributed by atoms with Gasteiger partial charge in [0.2, 0.25) is 0 Å². The predicted octanol–water partition coefficient (Wildman–Crippen LogP) is 4.29. The number of alkyl halides is 1. The van der Waals surface area contributed by atoms with Crippen LogP contribution in [0.25, 0.3) is 0 Å². The highest BCUT2D eigenvalue weighted by molar-refractivity contribution is 6.22. The minimum absolute atomic E-state index is 0.116. The zero-order valence-corrected chi connectivity index (χ0v) is 21.8. The number of amides is 1. The van der Waals surface area contributed by atoms with E-state index in [-0.39, 0.29) is 28.7 Å². The lowest BCUT2D eigenvalue weighted by Crippen LogP contribution is -2.50. The first kappa shape index (κ1) is 25.1. The summed E-state index contributed by atoms with van der Waals surface area (Å²) in [6, 6.07) is 2.17. The van der Waals surface area contributed by atoms with Crippen molar-refractivity contribution in [3.63, 3.8) is 0 Å². The summed E-state index contributed by atoms with van der Waals surface area (Å²) in [5.41, 5.74) is 14.2. The first-order valence-electron chi connectivity index (χ1n) is 13.5. The molecular weight excluding hydrogens is 476 g/mol. The molecule has 4 heterocycles. The maximum absolute atomic E-state index is 13.6. The zero-order chi connectivity index (χ0) is 25.1. The van der Waals surface area contributed by atoms with Crippen molar-refractivity contribution < 1.29 is 4.79 Å². The minimum atomic E-state index is -0.335. The Morgan fingerprint density at radius 3 is 2.47 bits per heavy atom. The van der Waals surface area contributed by atoms with E-state index in [1.54, 1.807) is 12.4 Å². The molecule has 10 heteroatoms. The largest absolute Gasteiger partial charge is 0.381 e. The molecule has 1 amide bonds. The molecule has 1 spiro atoms. The number of halogens is 1. The quantitative estimate of drug-likeness (QED) is 0.450. The molecule has 9 nitrogen and oxygen atoms in total. The Kier molecular flexibility index (Phi) is 7.57. The van der Waals surface area contributed by atoms with Crippen LogP contribution < -0.4 is 27.0 Å². The molecule has 2 aromatic rings. The van der Waals surface area contributed by atoms with Crippen LogP contribution in [0, 0.1) is 0 Å². The second-order valence-corrected chi connectivity index (χ2v) is 11.1. The Bertz CT molecular complexity index is 1050. The van der Waals surface area contributed by atoms with Crippen molar-refractivity contribution in [1.29, 1.82) is 0 Å². The standard InChI is InChI=1S/C26H39ClN8O/c27-21-17-31-24-22(23(29)33-35(24)26(21)11-6-4-2-1-3-5-7-12-26)25(36)32-19-16-30-13-8-20(19)34-14-9-18(28)10-15-34/h8,13,16,18,21,31H,1-7,9-12,14-15,17,28H2,(H2,29,33)(H,32,36). The van der Waals surface area contributed by atoms with Gasteiger partial charge in [-0.05, 0) is 31.7 Å². The number of hydrogen-bond acceptors (Lipinski definition) is 7. The van der Waals surface area contributed by atoms with E-state index in [0.29, 0.717) is 23.6 Å². The van der Waals surface area contributed by atoms with Crippen LogP contribution in [0.1, 0.15) is 81.0 Å². The number of carbonyl (C=O) groups is 1. The second kappa shape index (κ2) is 10.8.